The van der Waals surface area contributed by atoms with Crippen molar-refractivity contribution in [1.82, 2.24) is 4.90 Å². The molecule has 0 N–H and O–H groups in total. The number of methoxy groups -OCH3 is 1. The highest BCUT2D eigenvalue weighted by atomic mass is 16.5. The van der Waals surface area contributed by atoms with E-state index in [2.05, 4.69) is 34.4 Å². The molecule has 2 heteroatoms. The van der Waals surface area contributed by atoms with E-state index in [1.54, 1.807) is 7.11 Å². The molecule has 0 saturated carbocycles. The lowest BCUT2D eigenvalue weighted by Gasteiger charge is -2.16. The summed E-state index contributed by atoms with van der Waals surface area (Å²) >= 11 is 0. The fraction of sp³-hybridized carbons (Fsp3) is 0.455. The van der Waals surface area contributed by atoms with Crippen molar-refractivity contribution in [3.8, 4) is 0 Å². The summed E-state index contributed by atoms with van der Waals surface area (Å²) in [6.45, 7) is 5.45. The second-order valence-corrected chi connectivity index (χ2v) is 2.76. The largest absolute Gasteiger partial charge is 0.476 e. The van der Waals surface area contributed by atoms with E-state index in [1.807, 2.05) is 0 Å². The third-order valence-corrected chi connectivity index (χ3v) is 1.91. The molecule has 1 rings (SSSR count). The Bertz CT molecular complexity index is 314. The molecule has 0 radical (unpaired) electrons. The van der Waals surface area contributed by atoms with Gasteiger partial charge in [0.25, 0.3) is 0 Å². The van der Waals surface area contributed by atoms with Gasteiger partial charge in [-0.25, -0.2) is 0 Å². The van der Waals surface area contributed by atoms with E-state index < -0.39 is 0 Å². The monoisotopic (exact) mass is 175 g/mol. The SMILES string of the molecule is C=C=C=C=C=C(OC)N1CCCC1. The van der Waals surface area contributed by atoms with Gasteiger partial charge in [0.15, 0.2) is 0 Å². The van der Waals surface area contributed by atoms with Crippen LogP contribution >= 0.6 is 0 Å². The van der Waals surface area contributed by atoms with Gasteiger partial charge in [-0.1, -0.05) is 5.73 Å². The first-order chi connectivity index (χ1) is 6.38. The predicted octanol–water partition coefficient (Wildman–Crippen LogP) is 1.82. The molecular formula is C11H13NO. The number of likely N-dealkylation sites (tertiary alicyclic amines) is 1. The maximum atomic E-state index is 5.16. The van der Waals surface area contributed by atoms with Crippen molar-refractivity contribution < 1.29 is 4.74 Å². The molecule has 68 valence electrons. The lowest BCUT2D eigenvalue weighted by molar-refractivity contribution is 0.175. The summed E-state index contributed by atoms with van der Waals surface area (Å²) in [5.74, 6) is 0.722. The Morgan fingerprint density at radius 2 is 2.00 bits per heavy atom. The average Bonchev–Trinajstić information content (AvgIpc) is 2.65. The minimum atomic E-state index is 0.722. The number of nitrogens with zero attached hydrogens (tertiary/aromatic N) is 1. The minimum absolute atomic E-state index is 0.722. The fourth-order valence-electron chi connectivity index (χ4n) is 1.31. The van der Waals surface area contributed by atoms with Gasteiger partial charge in [-0.2, -0.15) is 0 Å². The minimum Gasteiger partial charge on any atom is -0.476 e. The highest BCUT2D eigenvalue weighted by molar-refractivity contribution is 4.95. The standard InChI is InChI=1S/C11H13NO/c1-3-4-5-8-11(13-2)12-9-6-7-10-12/h1,6-7,9-10H2,2H3. The van der Waals surface area contributed by atoms with Crippen LogP contribution < -0.4 is 0 Å². The number of rotatable bonds is 2. The molecule has 1 fully saturated rings. The molecule has 1 aliphatic rings. The van der Waals surface area contributed by atoms with Gasteiger partial charge in [0.2, 0.25) is 5.88 Å². The Morgan fingerprint density at radius 3 is 2.54 bits per heavy atom. The predicted molar refractivity (Wildman–Crippen MR) is 51.0 cm³/mol. The van der Waals surface area contributed by atoms with Crippen LogP contribution in [0.3, 0.4) is 0 Å². The van der Waals surface area contributed by atoms with E-state index in [1.165, 1.54) is 12.8 Å². The normalized spacial score (nSPS) is 13.8. The molecule has 0 amide bonds. The molecule has 0 aromatic heterocycles. The Hall–Kier alpha value is -1.54. The maximum absolute atomic E-state index is 5.16. The third-order valence-electron chi connectivity index (χ3n) is 1.91. The van der Waals surface area contributed by atoms with Crippen molar-refractivity contribution in [3.63, 3.8) is 0 Å². The third kappa shape index (κ3) is 2.76. The van der Waals surface area contributed by atoms with Crippen LogP contribution in [0.25, 0.3) is 0 Å². The van der Waals surface area contributed by atoms with Crippen LogP contribution in [-0.2, 0) is 4.74 Å². The van der Waals surface area contributed by atoms with E-state index >= 15 is 0 Å². The number of hydrogen-bond donors (Lipinski definition) is 0. The lowest BCUT2D eigenvalue weighted by atomic mass is 10.4. The van der Waals surface area contributed by atoms with E-state index in [4.69, 9.17) is 4.74 Å². The van der Waals surface area contributed by atoms with Gasteiger partial charge in [0, 0.05) is 18.8 Å². The van der Waals surface area contributed by atoms with Gasteiger partial charge in [0.1, 0.15) is 0 Å². The van der Waals surface area contributed by atoms with Crippen LogP contribution in [0.2, 0.25) is 0 Å². The first kappa shape index (κ1) is 9.55. The van der Waals surface area contributed by atoms with Crippen LogP contribution in [0, 0.1) is 0 Å². The first-order valence-electron chi connectivity index (χ1n) is 4.32. The molecule has 0 unspecified atom stereocenters. The molecule has 2 nitrogen and oxygen atoms in total. The molecule has 13 heavy (non-hydrogen) atoms. The van der Waals surface area contributed by atoms with Crippen LogP contribution in [-0.4, -0.2) is 25.1 Å². The summed E-state index contributed by atoms with van der Waals surface area (Å²) in [4.78, 5) is 2.14. The van der Waals surface area contributed by atoms with E-state index in [0.29, 0.717) is 0 Å². The zero-order valence-corrected chi connectivity index (χ0v) is 7.89. The number of hydrogen-bond acceptors (Lipinski definition) is 2. The van der Waals surface area contributed by atoms with Gasteiger partial charge in [-0.15, -0.1) is 0 Å². The van der Waals surface area contributed by atoms with Gasteiger partial charge in [0.05, 0.1) is 7.11 Å². The summed E-state index contributed by atoms with van der Waals surface area (Å²) in [5.41, 5.74) is 10.6. The van der Waals surface area contributed by atoms with Crippen LogP contribution in [0.15, 0.2) is 35.4 Å². The molecule has 0 atom stereocenters. The second kappa shape index (κ2) is 5.17. The molecule has 0 aromatic rings. The molecule has 0 spiro atoms. The number of ether oxygens (including phenoxy) is 1. The summed E-state index contributed by atoms with van der Waals surface area (Å²) in [5, 5.41) is 0. The summed E-state index contributed by atoms with van der Waals surface area (Å²) in [6.07, 6.45) is 2.44. The zero-order chi connectivity index (χ0) is 9.52. The molecule has 0 bridgehead atoms. The van der Waals surface area contributed by atoms with Crippen molar-refractivity contribution >= 4 is 0 Å². The second-order valence-electron chi connectivity index (χ2n) is 2.76. The molecule has 1 aliphatic heterocycles. The summed E-state index contributed by atoms with van der Waals surface area (Å²) < 4.78 is 5.16. The van der Waals surface area contributed by atoms with Crippen LogP contribution in [0.5, 0.6) is 0 Å². The zero-order valence-electron chi connectivity index (χ0n) is 7.89. The van der Waals surface area contributed by atoms with Gasteiger partial charge in [-0.3, -0.25) is 0 Å². The fourth-order valence-corrected chi connectivity index (χ4v) is 1.31. The Kier molecular flexibility index (Phi) is 3.79. The van der Waals surface area contributed by atoms with Gasteiger partial charge in [-0.05, 0) is 30.9 Å². The smallest absolute Gasteiger partial charge is 0.244 e. The summed E-state index contributed by atoms with van der Waals surface area (Å²) in [6, 6.07) is 0. The van der Waals surface area contributed by atoms with Gasteiger partial charge < -0.3 is 9.64 Å². The lowest BCUT2D eigenvalue weighted by Crippen LogP contribution is -2.18. The molecular weight excluding hydrogens is 162 g/mol. The Balaban J connectivity index is 2.89. The van der Waals surface area contributed by atoms with Crippen LogP contribution in [0.1, 0.15) is 12.8 Å². The van der Waals surface area contributed by atoms with Gasteiger partial charge >= 0.3 is 0 Å². The van der Waals surface area contributed by atoms with Crippen molar-refractivity contribution in [2.75, 3.05) is 20.2 Å². The van der Waals surface area contributed by atoms with Crippen molar-refractivity contribution in [3.05, 3.63) is 35.4 Å². The van der Waals surface area contributed by atoms with E-state index in [9.17, 15) is 0 Å². The first-order valence-corrected chi connectivity index (χ1v) is 4.32. The van der Waals surface area contributed by atoms with Crippen LogP contribution in [0.4, 0.5) is 0 Å². The quantitative estimate of drug-likeness (QED) is 0.469. The highest BCUT2D eigenvalue weighted by Gasteiger charge is 2.14. The summed E-state index contributed by atoms with van der Waals surface area (Å²) in [7, 11) is 1.64. The highest BCUT2D eigenvalue weighted by Crippen LogP contribution is 2.13. The van der Waals surface area contributed by atoms with E-state index in [-0.39, 0.29) is 0 Å². The molecule has 1 heterocycles. The van der Waals surface area contributed by atoms with Crippen molar-refractivity contribution in [1.29, 1.82) is 0 Å². The molecule has 0 aliphatic carbocycles. The Labute approximate surface area is 78.8 Å². The van der Waals surface area contributed by atoms with Crippen molar-refractivity contribution in [2.24, 2.45) is 0 Å². The van der Waals surface area contributed by atoms with E-state index in [0.717, 1.165) is 19.0 Å². The maximum Gasteiger partial charge on any atom is 0.244 e. The average molecular weight is 175 g/mol. The molecule has 1 saturated heterocycles. The molecule has 0 aromatic carbocycles. The topological polar surface area (TPSA) is 12.5 Å². The Morgan fingerprint density at radius 1 is 1.31 bits per heavy atom. The van der Waals surface area contributed by atoms with Crippen molar-refractivity contribution in [2.45, 2.75) is 12.8 Å².